The van der Waals surface area contributed by atoms with E-state index in [2.05, 4.69) is 12.2 Å². The van der Waals surface area contributed by atoms with Crippen LogP contribution in [-0.2, 0) is 6.54 Å². The van der Waals surface area contributed by atoms with Crippen LogP contribution in [0, 0.1) is 0 Å². The zero-order valence-electron chi connectivity index (χ0n) is 8.02. The molecule has 0 aliphatic rings. The average molecular weight is 255 g/mol. The number of rotatable bonds is 4. The van der Waals surface area contributed by atoms with Crippen molar-refractivity contribution in [3.05, 3.63) is 33.8 Å². The highest BCUT2D eigenvalue weighted by Gasteiger charge is 1.99. The molecule has 1 N–H and O–H groups in total. The average Bonchev–Trinajstić information content (AvgIpc) is 2.11. The molecule has 0 unspecified atom stereocenters. The molecule has 0 aliphatic heterocycles. The van der Waals surface area contributed by atoms with E-state index in [9.17, 15) is 0 Å². The lowest BCUT2D eigenvalue weighted by Crippen LogP contribution is -2.13. The Morgan fingerprint density at radius 3 is 2.64 bits per heavy atom. The van der Waals surface area contributed by atoms with E-state index in [4.69, 9.17) is 23.2 Å². The molecule has 0 saturated heterocycles. The molecule has 1 rings (SSSR count). The van der Waals surface area contributed by atoms with E-state index in [1.165, 1.54) is 0 Å². The van der Waals surface area contributed by atoms with Gasteiger partial charge in [-0.2, -0.15) is 0 Å². The Morgan fingerprint density at radius 2 is 2.00 bits per heavy atom. The molecule has 14 heavy (non-hydrogen) atoms. The zero-order chi connectivity index (χ0) is 9.68. The molecule has 1 aromatic rings. The highest BCUT2D eigenvalue weighted by Crippen LogP contribution is 2.20. The molecule has 0 atom stereocenters. The van der Waals surface area contributed by atoms with Gasteiger partial charge in [-0.3, -0.25) is 0 Å². The van der Waals surface area contributed by atoms with Crippen LogP contribution in [0.3, 0.4) is 0 Å². The van der Waals surface area contributed by atoms with Gasteiger partial charge in [0.05, 0.1) is 0 Å². The minimum absolute atomic E-state index is 0. The summed E-state index contributed by atoms with van der Waals surface area (Å²) in [4.78, 5) is 0. The molecule has 80 valence electrons. The van der Waals surface area contributed by atoms with Gasteiger partial charge in [0.1, 0.15) is 0 Å². The Bertz CT molecular complexity index is 276. The van der Waals surface area contributed by atoms with Crippen molar-refractivity contribution in [3.63, 3.8) is 0 Å². The highest BCUT2D eigenvalue weighted by molar-refractivity contribution is 6.33. The van der Waals surface area contributed by atoms with Crippen LogP contribution in [-0.4, -0.2) is 6.54 Å². The van der Waals surface area contributed by atoms with E-state index < -0.39 is 0 Å². The zero-order valence-corrected chi connectivity index (χ0v) is 10.3. The maximum atomic E-state index is 5.98. The fourth-order valence-electron chi connectivity index (χ4n) is 1.08. The van der Waals surface area contributed by atoms with Crippen LogP contribution >= 0.6 is 35.6 Å². The quantitative estimate of drug-likeness (QED) is 0.803. The molecular formula is C10H14Cl3N. The first-order valence-electron chi connectivity index (χ1n) is 4.38. The molecule has 0 saturated carbocycles. The van der Waals surface area contributed by atoms with Crippen LogP contribution in [0.25, 0.3) is 0 Å². The Labute approximate surface area is 101 Å². The van der Waals surface area contributed by atoms with Gasteiger partial charge >= 0.3 is 0 Å². The fraction of sp³-hybridized carbons (Fsp3) is 0.400. The minimum Gasteiger partial charge on any atom is -0.313 e. The van der Waals surface area contributed by atoms with E-state index in [0.29, 0.717) is 0 Å². The van der Waals surface area contributed by atoms with Crippen molar-refractivity contribution in [1.29, 1.82) is 0 Å². The summed E-state index contributed by atoms with van der Waals surface area (Å²) in [5.41, 5.74) is 1.06. The molecule has 0 spiro atoms. The van der Waals surface area contributed by atoms with Gasteiger partial charge in [-0.1, -0.05) is 30.1 Å². The Morgan fingerprint density at radius 1 is 1.29 bits per heavy atom. The van der Waals surface area contributed by atoms with Gasteiger partial charge in [0, 0.05) is 16.6 Å². The maximum absolute atomic E-state index is 5.98. The first-order valence-corrected chi connectivity index (χ1v) is 5.14. The third kappa shape index (κ3) is 4.52. The van der Waals surface area contributed by atoms with Crippen LogP contribution in [0.4, 0.5) is 0 Å². The number of benzene rings is 1. The summed E-state index contributed by atoms with van der Waals surface area (Å²) in [5.74, 6) is 0. The fourth-order valence-corrected chi connectivity index (χ4v) is 1.46. The van der Waals surface area contributed by atoms with E-state index >= 15 is 0 Å². The maximum Gasteiger partial charge on any atom is 0.0451 e. The van der Waals surface area contributed by atoms with E-state index in [1.807, 2.05) is 12.1 Å². The second-order valence-corrected chi connectivity index (χ2v) is 3.76. The van der Waals surface area contributed by atoms with Crippen LogP contribution in [0.15, 0.2) is 18.2 Å². The van der Waals surface area contributed by atoms with Gasteiger partial charge in [-0.25, -0.2) is 0 Å². The molecule has 0 fully saturated rings. The van der Waals surface area contributed by atoms with Gasteiger partial charge in [0.15, 0.2) is 0 Å². The van der Waals surface area contributed by atoms with Crippen molar-refractivity contribution in [3.8, 4) is 0 Å². The van der Waals surface area contributed by atoms with E-state index in [-0.39, 0.29) is 12.4 Å². The van der Waals surface area contributed by atoms with Crippen molar-refractivity contribution in [2.75, 3.05) is 6.54 Å². The lowest BCUT2D eigenvalue weighted by Gasteiger charge is -2.05. The van der Waals surface area contributed by atoms with Crippen LogP contribution in [0.5, 0.6) is 0 Å². The van der Waals surface area contributed by atoms with Gasteiger partial charge in [0.25, 0.3) is 0 Å². The topological polar surface area (TPSA) is 12.0 Å². The van der Waals surface area contributed by atoms with Gasteiger partial charge in [-0.15, -0.1) is 12.4 Å². The first kappa shape index (κ1) is 14.1. The SMILES string of the molecule is CCCNCc1cc(Cl)ccc1Cl.Cl. The van der Waals surface area contributed by atoms with E-state index in [1.54, 1.807) is 6.07 Å². The third-order valence-corrected chi connectivity index (χ3v) is 2.35. The third-order valence-electron chi connectivity index (χ3n) is 1.75. The molecule has 0 bridgehead atoms. The summed E-state index contributed by atoms with van der Waals surface area (Å²) in [6.07, 6.45) is 1.12. The number of hydrogen-bond acceptors (Lipinski definition) is 1. The second-order valence-electron chi connectivity index (χ2n) is 2.91. The highest BCUT2D eigenvalue weighted by atomic mass is 35.5. The van der Waals surface area contributed by atoms with Crippen LogP contribution in [0.1, 0.15) is 18.9 Å². The monoisotopic (exact) mass is 253 g/mol. The Balaban J connectivity index is 0.00000169. The van der Waals surface area contributed by atoms with Gasteiger partial charge < -0.3 is 5.32 Å². The Kier molecular flexibility index (Phi) is 7.38. The molecule has 0 heterocycles. The minimum atomic E-state index is 0. The number of hydrogen-bond donors (Lipinski definition) is 1. The summed E-state index contributed by atoms with van der Waals surface area (Å²) >= 11 is 11.8. The number of halogens is 3. The normalized spacial score (nSPS) is 9.64. The molecular weight excluding hydrogens is 240 g/mol. The van der Waals surface area contributed by atoms with Crippen molar-refractivity contribution >= 4 is 35.6 Å². The smallest absolute Gasteiger partial charge is 0.0451 e. The van der Waals surface area contributed by atoms with Crippen molar-refractivity contribution in [1.82, 2.24) is 5.32 Å². The molecule has 4 heteroatoms. The predicted octanol–water partition coefficient (Wildman–Crippen LogP) is 3.91. The summed E-state index contributed by atoms with van der Waals surface area (Å²) in [7, 11) is 0. The lowest BCUT2D eigenvalue weighted by atomic mass is 10.2. The van der Waals surface area contributed by atoms with Crippen molar-refractivity contribution < 1.29 is 0 Å². The van der Waals surface area contributed by atoms with Gasteiger partial charge in [0.2, 0.25) is 0 Å². The molecule has 0 aliphatic carbocycles. The summed E-state index contributed by atoms with van der Waals surface area (Å²) in [6, 6.07) is 5.52. The molecule has 0 aromatic heterocycles. The molecule has 0 amide bonds. The van der Waals surface area contributed by atoms with Crippen molar-refractivity contribution in [2.45, 2.75) is 19.9 Å². The predicted molar refractivity (Wildman–Crippen MR) is 65.7 cm³/mol. The second kappa shape index (κ2) is 7.36. The van der Waals surface area contributed by atoms with Gasteiger partial charge in [-0.05, 0) is 36.7 Å². The van der Waals surface area contributed by atoms with Crippen molar-refractivity contribution in [2.24, 2.45) is 0 Å². The number of nitrogens with one attached hydrogen (secondary N) is 1. The lowest BCUT2D eigenvalue weighted by molar-refractivity contribution is 0.675. The molecule has 1 nitrogen and oxygen atoms in total. The standard InChI is InChI=1S/C10H13Cl2N.ClH/c1-2-5-13-7-8-6-9(11)3-4-10(8)12;/h3-4,6,13H,2,5,7H2,1H3;1H. The van der Waals surface area contributed by atoms with E-state index in [0.717, 1.165) is 35.1 Å². The summed E-state index contributed by atoms with van der Waals surface area (Å²) in [5, 5.41) is 4.78. The molecule has 1 aromatic carbocycles. The summed E-state index contributed by atoms with van der Waals surface area (Å²) in [6.45, 7) is 3.92. The Hall–Kier alpha value is 0.0500. The van der Waals surface area contributed by atoms with Crippen LogP contribution in [0.2, 0.25) is 10.0 Å². The first-order chi connectivity index (χ1) is 6.24. The van der Waals surface area contributed by atoms with Crippen LogP contribution < -0.4 is 5.32 Å². The largest absolute Gasteiger partial charge is 0.313 e. The summed E-state index contributed by atoms with van der Waals surface area (Å²) < 4.78 is 0. The molecule has 0 radical (unpaired) electrons.